The summed E-state index contributed by atoms with van der Waals surface area (Å²) in [5.41, 5.74) is 0.917. The third kappa shape index (κ3) is 1.72. The number of hydrogen-bond donors (Lipinski definition) is 1. The maximum Gasteiger partial charge on any atom is 0.421 e. The lowest BCUT2D eigenvalue weighted by Gasteiger charge is -1.97. The second-order valence-electron chi connectivity index (χ2n) is 3.81. The highest BCUT2D eigenvalue weighted by Crippen LogP contribution is 2.13. The lowest BCUT2D eigenvalue weighted by atomic mass is 10.4. The van der Waals surface area contributed by atoms with Crippen LogP contribution in [0.15, 0.2) is 44.1 Å². The van der Waals surface area contributed by atoms with Gasteiger partial charge in [0, 0.05) is 6.20 Å². The molecule has 0 aliphatic carbocycles. The molecular formula is C12H10N2O4. The molecule has 0 spiro atoms. The second kappa shape index (κ2) is 4.15. The number of fused-ring (bicyclic) bond motifs is 1. The normalized spacial score (nSPS) is 11.2. The third-order valence-corrected chi connectivity index (χ3v) is 2.61. The largest absolute Gasteiger partial charge is 0.462 e. The van der Waals surface area contributed by atoms with Gasteiger partial charge in [0.1, 0.15) is 18.1 Å². The van der Waals surface area contributed by atoms with Crippen molar-refractivity contribution >= 4 is 11.2 Å². The van der Waals surface area contributed by atoms with Crippen molar-refractivity contribution in [1.29, 1.82) is 0 Å². The van der Waals surface area contributed by atoms with E-state index in [0.717, 1.165) is 0 Å². The number of hydrogen-bond acceptors (Lipinski definition) is 5. The molecule has 0 saturated heterocycles. The van der Waals surface area contributed by atoms with Gasteiger partial charge in [0.25, 0.3) is 0 Å². The van der Waals surface area contributed by atoms with E-state index in [0.29, 0.717) is 22.8 Å². The molecule has 3 aromatic rings. The molecule has 0 fully saturated rings. The summed E-state index contributed by atoms with van der Waals surface area (Å²) in [7, 11) is 0. The smallest absolute Gasteiger partial charge is 0.421 e. The summed E-state index contributed by atoms with van der Waals surface area (Å²) in [6.45, 7) is 0.0577. The van der Waals surface area contributed by atoms with Gasteiger partial charge in [-0.25, -0.2) is 9.78 Å². The lowest BCUT2D eigenvalue weighted by molar-refractivity contribution is 0.243. The summed E-state index contributed by atoms with van der Waals surface area (Å²) in [6.07, 6.45) is 1.59. The molecule has 3 rings (SSSR count). The van der Waals surface area contributed by atoms with Gasteiger partial charge in [-0.3, -0.25) is 4.57 Å². The van der Waals surface area contributed by atoms with Crippen LogP contribution in [0.25, 0.3) is 11.2 Å². The molecule has 3 heterocycles. The Morgan fingerprint density at radius 1 is 1.22 bits per heavy atom. The maximum absolute atomic E-state index is 11.7. The van der Waals surface area contributed by atoms with E-state index in [1.165, 1.54) is 4.57 Å². The van der Waals surface area contributed by atoms with Crippen molar-refractivity contribution in [2.24, 2.45) is 0 Å². The first-order valence-electron chi connectivity index (χ1n) is 5.41. The van der Waals surface area contributed by atoms with Gasteiger partial charge in [-0.05, 0) is 24.3 Å². The van der Waals surface area contributed by atoms with Crippen LogP contribution in [0.3, 0.4) is 0 Å². The highest BCUT2D eigenvalue weighted by Gasteiger charge is 2.12. The van der Waals surface area contributed by atoms with Crippen molar-refractivity contribution in [1.82, 2.24) is 9.55 Å². The molecular weight excluding hydrogens is 236 g/mol. The summed E-state index contributed by atoms with van der Waals surface area (Å²) >= 11 is 0. The molecule has 0 saturated carbocycles. The average Bonchev–Trinajstić information content (AvgIpc) is 2.96. The number of aromatic nitrogens is 2. The quantitative estimate of drug-likeness (QED) is 0.749. The Balaban J connectivity index is 2.04. The predicted octanol–water partition coefficient (Wildman–Crippen LogP) is 1.12. The Bertz CT molecular complexity index is 738. The average molecular weight is 246 g/mol. The van der Waals surface area contributed by atoms with Crippen LogP contribution in [-0.4, -0.2) is 14.7 Å². The fourth-order valence-corrected chi connectivity index (χ4v) is 1.79. The number of nitrogens with zero attached hydrogens (tertiary/aromatic N) is 2. The van der Waals surface area contributed by atoms with Crippen LogP contribution >= 0.6 is 0 Å². The van der Waals surface area contributed by atoms with E-state index in [4.69, 9.17) is 13.9 Å². The van der Waals surface area contributed by atoms with Gasteiger partial charge >= 0.3 is 5.76 Å². The van der Waals surface area contributed by atoms with Gasteiger partial charge in [0.2, 0.25) is 0 Å². The molecule has 0 amide bonds. The van der Waals surface area contributed by atoms with E-state index in [-0.39, 0.29) is 13.2 Å². The number of pyridine rings is 1. The zero-order valence-electron chi connectivity index (χ0n) is 9.37. The van der Waals surface area contributed by atoms with E-state index in [1.807, 2.05) is 0 Å². The van der Waals surface area contributed by atoms with E-state index >= 15 is 0 Å². The Morgan fingerprint density at radius 2 is 2.06 bits per heavy atom. The van der Waals surface area contributed by atoms with Crippen molar-refractivity contribution in [3.63, 3.8) is 0 Å². The van der Waals surface area contributed by atoms with Crippen molar-refractivity contribution in [3.05, 3.63) is 52.5 Å². The predicted molar refractivity (Wildman–Crippen MR) is 62.0 cm³/mol. The van der Waals surface area contributed by atoms with Gasteiger partial charge in [-0.2, -0.15) is 0 Å². The van der Waals surface area contributed by atoms with E-state index < -0.39 is 5.76 Å². The Morgan fingerprint density at radius 3 is 2.83 bits per heavy atom. The molecule has 0 aliphatic heterocycles. The Labute approximate surface area is 101 Å². The van der Waals surface area contributed by atoms with Gasteiger partial charge < -0.3 is 13.9 Å². The summed E-state index contributed by atoms with van der Waals surface area (Å²) in [6, 6.07) is 6.75. The first-order valence-corrected chi connectivity index (χ1v) is 5.41. The molecule has 1 N–H and O–H groups in total. The number of rotatable bonds is 3. The van der Waals surface area contributed by atoms with Gasteiger partial charge in [0.05, 0.1) is 6.54 Å². The minimum atomic E-state index is -0.481. The molecule has 6 nitrogen and oxygen atoms in total. The third-order valence-electron chi connectivity index (χ3n) is 2.61. The minimum Gasteiger partial charge on any atom is -0.462 e. The fourth-order valence-electron chi connectivity index (χ4n) is 1.79. The van der Waals surface area contributed by atoms with Crippen molar-refractivity contribution < 1.29 is 13.9 Å². The zero-order valence-corrected chi connectivity index (χ0v) is 9.37. The van der Waals surface area contributed by atoms with Crippen LogP contribution in [0, 0.1) is 0 Å². The van der Waals surface area contributed by atoms with Crippen LogP contribution in [0.5, 0.6) is 0 Å². The Hall–Kier alpha value is -2.34. The molecule has 92 valence electrons. The standard InChI is InChI=1S/C12H10N2O4/c15-7-9-4-3-8(17-9)6-14-11-10(18-12(14)16)2-1-5-13-11/h1-5,15H,6-7H2. The van der Waals surface area contributed by atoms with Gasteiger partial charge in [0.15, 0.2) is 11.2 Å². The fraction of sp³-hybridized carbons (Fsp3) is 0.167. The molecule has 0 bridgehead atoms. The first-order chi connectivity index (χ1) is 8.78. The van der Waals surface area contributed by atoms with Crippen LogP contribution in [0.4, 0.5) is 0 Å². The summed E-state index contributed by atoms with van der Waals surface area (Å²) in [5.74, 6) is 0.541. The molecule has 18 heavy (non-hydrogen) atoms. The number of furan rings is 1. The maximum atomic E-state index is 11.7. The lowest BCUT2D eigenvalue weighted by Crippen LogP contribution is -2.14. The van der Waals surface area contributed by atoms with Crippen LogP contribution in [0.1, 0.15) is 11.5 Å². The minimum absolute atomic E-state index is 0.167. The topological polar surface area (TPSA) is 81.4 Å². The summed E-state index contributed by atoms with van der Waals surface area (Å²) < 4.78 is 11.8. The summed E-state index contributed by atoms with van der Waals surface area (Å²) in [4.78, 5) is 15.8. The zero-order chi connectivity index (χ0) is 12.5. The van der Waals surface area contributed by atoms with Crippen molar-refractivity contribution in [2.45, 2.75) is 13.2 Å². The molecule has 0 aromatic carbocycles. The molecule has 0 radical (unpaired) electrons. The Kier molecular flexibility index (Phi) is 2.49. The van der Waals surface area contributed by atoms with Gasteiger partial charge in [-0.15, -0.1) is 0 Å². The monoisotopic (exact) mass is 246 g/mol. The molecule has 6 heteroatoms. The van der Waals surface area contributed by atoms with Crippen LogP contribution in [0.2, 0.25) is 0 Å². The van der Waals surface area contributed by atoms with Crippen molar-refractivity contribution in [2.75, 3.05) is 0 Å². The highest BCUT2D eigenvalue weighted by atomic mass is 16.4. The van der Waals surface area contributed by atoms with Crippen LogP contribution < -0.4 is 5.76 Å². The highest BCUT2D eigenvalue weighted by molar-refractivity contribution is 5.67. The number of oxazole rings is 1. The van der Waals surface area contributed by atoms with Crippen molar-refractivity contribution in [3.8, 4) is 0 Å². The second-order valence-corrected chi connectivity index (χ2v) is 3.81. The molecule has 0 atom stereocenters. The molecule has 0 unspecified atom stereocenters. The number of aliphatic hydroxyl groups excluding tert-OH is 1. The van der Waals surface area contributed by atoms with E-state index in [1.54, 1.807) is 30.5 Å². The number of aliphatic hydroxyl groups is 1. The van der Waals surface area contributed by atoms with Gasteiger partial charge in [-0.1, -0.05) is 0 Å². The van der Waals surface area contributed by atoms with E-state index in [9.17, 15) is 4.79 Å². The SMILES string of the molecule is O=c1oc2cccnc2n1Cc1ccc(CO)o1. The van der Waals surface area contributed by atoms with Crippen LogP contribution in [-0.2, 0) is 13.2 Å². The van der Waals surface area contributed by atoms with E-state index in [2.05, 4.69) is 4.98 Å². The molecule has 0 aliphatic rings. The first kappa shape index (κ1) is 10.8. The summed E-state index contributed by atoms with van der Waals surface area (Å²) in [5, 5.41) is 8.91. The molecule has 3 aromatic heterocycles.